The summed E-state index contributed by atoms with van der Waals surface area (Å²) >= 11 is 12.6. The minimum atomic E-state index is -0.169. The third kappa shape index (κ3) is 4.65. The largest absolute Gasteiger partial charge is 0.487 e. The van der Waals surface area contributed by atoms with Gasteiger partial charge in [-0.3, -0.25) is 14.5 Å². The number of para-hydroxylation sites is 1. The molecule has 0 atom stereocenters. The molecule has 4 aromatic heterocycles. The highest BCUT2D eigenvalue weighted by atomic mass is 35.5. The van der Waals surface area contributed by atoms with Crippen LogP contribution in [-0.4, -0.2) is 24.3 Å². The third-order valence-electron chi connectivity index (χ3n) is 5.78. The second kappa shape index (κ2) is 9.52. The first-order valence-electron chi connectivity index (χ1n) is 10.9. The van der Waals surface area contributed by atoms with Crippen molar-refractivity contribution in [2.75, 3.05) is 0 Å². The lowest BCUT2D eigenvalue weighted by Gasteiger charge is -2.15. The van der Waals surface area contributed by atoms with Gasteiger partial charge in [0.1, 0.15) is 17.9 Å². The molecular weight excluding hydrogens is 485 g/mol. The minimum absolute atomic E-state index is 0.169. The van der Waals surface area contributed by atoms with E-state index in [0.29, 0.717) is 15.8 Å². The number of hydrogen-bond acceptors (Lipinski definition) is 5. The Morgan fingerprint density at radius 1 is 1.09 bits per heavy atom. The molecule has 4 heterocycles. The highest BCUT2D eigenvalue weighted by Crippen LogP contribution is 2.33. The molecule has 0 bridgehead atoms. The van der Waals surface area contributed by atoms with Crippen molar-refractivity contribution in [2.45, 2.75) is 20.1 Å². The van der Waals surface area contributed by atoms with Crippen LogP contribution in [0.4, 0.5) is 0 Å². The first kappa shape index (κ1) is 23.1. The average Bonchev–Trinajstić information content (AvgIpc) is 3.26. The van der Waals surface area contributed by atoms with Crippen molar-refractivity contribution < 1.29 is 4.74 Å². The van der Waals surface area contributed by atoms with Gasteiger partial charge in [-0.15, -0.1) is 0 Å². The summed E-state index contributed by atoms with van der Waals surface area (Å²) in [5.41, 5.74) is 4.98. The second-order valence-electron chi connectivity index (χ2n) is 8.16. The number of fused-ring (bicyclic) bond motifs is 1. The summed E-state index contributed by atoms with van der Waals surface area (Å²) in [5.74, 6) is 0.633. The summed E-state index contributed by atoms with van der Waals surface area (Å²) in [7, 11) is 1.91. The monoisotopic (exact) mass is 505 g/mol. The van der Waals surface area contributed by atoms with E-state index in [0.717, 1.165) is 39.0 Å². The zero-order valence-electron chi connectivity index (χ0n) is 19.1. The second-order valence-corrected chi connectivity index (χ2v) is 9.01. The van der Waals surface area contributed by atoms with Crippen molar-refractivity contribution in [1.29, 1.82) is 0 Å². The van der Waals surface area contributed by atoms with Gasteiger partial charge in [0, 0.05) is 60.1 Å². The van der Waals surface area contributed by atoms with Crippen LogP contribution in [0.15, 0.2) is 72.0 Å². The van der Waals surface area contributed by atoms with E-state index in [1.807, 2.05) is 49.0 Å². The molecule has 0 aliphatic heterocycles. The van der Waals surface area contributed by atoms with E-state index in [4.69, 9.17) is 32.9 Å². The van der Waals surface area contributed by atoms with Gasteiger partial charge >= 0.3 is 0 Å². The Kier molecular flexibility index (Phi) is 6.28. The van der Waals surface area contributed by atoms with Crippen molar-refractivity contribution in [1.82, 2.24) is 24.3 Å². The summed E-state index contributed by atoms with van der Waals surface area (Å²) in [6.45, 7) is 2.40. The van der Waals surface area contributed by atoms with E-state index in [-0.39, 0.29) is 18.7 Å². The van der Waals surface area contributed by atoms with Gasteiger partial charge in [0.15, 0.2) is 0 Å². The molecule has 9 heteroatoms. The highest BCUT2D eigenvalue weighted by Gasteiger charge is 2.15. The van der Waals surface area contributed by atoms with Crippen molar-refractivity contribution in [3.63, 3.8) is 0 Å². The first-order valence-corrected chi connectivity index (χ1v) is 11.6. The van der Waals surface area contributed by atoms with Crippen LogP contribution < -0.4 is 10.3 Å². The van der Waals surface area contributed by atoms with Gasteiger partial charge in [0.2, 0.25) is 0 Å². The number of pyridine rings is 3. The SMILES string of the molecule is Cc1cc(-c2ccnn2C)c2cccc(OCc3c(Cl)cncc3Cn3cc(Cl)ccc3=O)c2n1. The van der Waals surface area contributed by atoms with E-state index in [1.165, 1.54) is 10.6 Å². The summed E-state index contributed by atoms with van der Waals surface area (Å²) in [6, 6.07) is 12.9. The maximum Gasteiger partial charge on any atom is 0.250 e. The Labute approximate surface area is 211 Å². The number of hydrogen-bond donors (Lipinski definition) is 0. The fraction of sp³-hybridized carbons (Fsp3) is 0.154. The molecule has 0 radical (unpaired) electrons. The van der Waals surface area contributed by atoms with E-state index in [2.05, 4.69) is 10.1 Å². The zero-order valence-corrected chi connectivity index (χ0v) is 20.6. The molecule has 0 aliphatic carbocycles. The molecule has 176 valence electrons. The maximum absolute atomic E-state index is 12.3. The number of ether oxygens (including phenoxy) is 1. The molecule has 35 heavy (non-hydrogen) atoms. The predicted molar refractivity (Wildman–Crippen MR) is 137 cm³/mol. The lowest BCUT2D eigenvalue weighted by molar-refractivity contribution is 0.308. The van der Waals surface area contributed by atoms with E-state index >= 15 is 0 Å². The molecule has 0 saturated carbocycles. The number of rotatable bonds is 6. The Morgan fingerprint density at radius 2 is 1.94 bits per heavy atom. The van der Waals surface area contributed by atoms with Crippen molar-refractivity contribution >= 4 is 34.1 Å². The Bertz CT molecular complexity index is 1610. The number of nitrogens with zero attached hydrogens (tertiary/aromatic N) is 5. The normalized spacial score (nSPS) is 11.2. The molecule has 0 spiro atoms. The van der Waals surface area contributed by atoms with Crippen molar-refractivity contribution in [3.05, 3.63) is 104 Å². The molecule has 1 aromatic carbocycles. The van der Waals surface area contributed by atoms with Gasteiger partial charge in [-0.2, -0.15) is 5.10 Å². The Balaban J connectivity index is 1.51. The summed E-state index contributed by atoms with van der Waals surface area (Å²) in [5, 5.41) is 6.19. The van der Waals surface area contributed by atoms with Crippen LogP contribution in [0.5, 0.6) is 5.75 Å². The Morgan fingerprint density at radius 3 is 2.74 bits per heavy atom. The quantitative estimate of drug-likeness (QED) is 0.307. The minimum Gasteiger partial charge on any atom is -0.487 e. The fourth-order valence-electron chi connectivity index (χ4n) is 4.08. The van der Waals surface area contributed by atoms with E-state index < -0.39 is 0 Å². The highest BCUT2D eigenvalue weighted by molar-refractivity contribution is 6.31. The number of aryl methyl sites for hydroxylation is 2. The molecule has 5 rings (SSSR count). The van der Waals surface area contributed by atoms with E-state index in [9.17, 15) is 4.79 Å². The van der Waals surface area contributed by atoms with Crippen LogP contribution in [0.3, 0.4) is 0 Å². The number of aromatic nitrogens is 5. The topological polar surface area (TPSA) is 74.8 Å². The first-order chi connectivity index (χ1) is 16.9. The third-order valence-corrected chi connectivity index (χ3v) is 6.33. The van der Waals surface area contributed by atoms with Gasteiger partial charge in [-0.05, 0) is 36.8 Å². The molecule has 0 saturated heterocycles. The molecule has 0 unspecified atom stereocenters. The molecule has 7 nitrogen and oxygen atoms in total. The zero-order chi connectivity index (χ0) is 24.5. The predicted octanol–water partition coefficient (Wildman–Crippen LogP) is 5.43. The van der Waals surface area contributed by atoms with Gasteiger partial charge in [-0.25, -0.2) is 4.98 Å². The average molecular weight is 506 g/mol. The van der Waals surface area contributed by atoms with Crippen LogP contribution >= 0.6 is 23.2 Å². The van der Waals surface area contributed by atoms with Crippen molar-refractivity contribution in [2.24, 2.45) is 7.05 Å². The molecule has 0 aliphatic rings. The molecule has 0 amide bonds. The molecule has 0 N–H and O–H groups in total. The van der Waals surface area contributed by atoms with E-state index in [1.54, 1.807) is 30.9 Å². The summed E-state index contributed by atoms with van der Waals surface area (Å²) in [4.78, 5) is 21.3. The summed E-state index contributed by atoms with van der Waals surface area (Å²) in [6.07, 6.45) is 6.61. The fourth-order valence-corrected chi connectivity index (χ4v) is 4.49. The van der Waals surface area contributed by atoms with Gasteiger partial charge < -0.3 is 9.30 Å². The number of halogens is 2. The summed E-state index contributed by atoms with van der Waals surface area (Å²) < 4.78 is 9.62. The number of benzene rings is 1. The van der Waals surface area contributed by atoms with Crippen LogP contribution in [0.25, 0.3) is 22.2 Å². The molecular formula is C26H21Cl2N5O2. The van der Waals surface area contributed by atoms with Crippen LogP contribution in [0, 0.1) is 6.92 Å². The van der Waals surface area contributed by atoms with Crippen LogP contribution in [-0.2, 0) is 20.2 Å². The molecule has 0 fully saturated rings. The lowest BCUT2D eigenvalue weighted by Crippen LogP contribution is -2.20. The Hall–Kier alpha value is -3.68. The van der Waals surface area contributed by atoms with Gasteiger partial charge in [0.05, 0.1) is 22.3 Å². The maximum atomic E-state index is 12.3. The molecule has 5 aromatic rings. The van der Waals surface area contributed by atoms with Crippen molar-refractivity contribution in [3.8, 4) is 17.0 Å². The van der Waals surface area contributed by atoms with Gasteiger partial charge in [-0.1, -0.05) is 35.3 Å². The lowest BCUT2D eigenvalue weighted by atomic mass is 10.0. The van der Waals surface area contributed by atoms with Crippen LogP contribution in [0.1, 0.15) is 16.8 Å². The smallest absolute Gasteiger partial charge is 0.250 e. The standard InChI is InChI=1S/C26H21Cl2N5O2/c1-16-10-20(23-8-9-30-32(23)2)19-4-3-5-24(26(19)31-16)35-15-21-17(11-29-12-22(21)28)13-33-14-18(27)6-7-25(33)34/h3-12,14H,13,15H2,1-2H3. The van der Waals surface area contributed by atoms with Crippen LogP contribution in [0.2, 0.25) is 10.0 Å². The van der Waals surface area contributed by atoms with Gasteiger partial charge in [0.25, 0.3) is 5.56 Å².